The molecule has 0 saturated heterocycles. The van der Waals surface area contributed by atoms with Gasteiger partial charge >= 0.3 is 12.1 Å². The zero-order valence-corrected chi connectivity index (χ0v) is 20.5. The Balaban J connectivity index is 1.79. The number of alkyl carbamates (subject to hydrolysis) is 1. The normalized spacial score (nSPS) is 12.6. The van der Waals surface area contributed by atoms with Gasteiger partial charge in [-0.2, -0.15) is 0 Å². The lowest BCUT2D eigenvalue weighted by Crippen LogP contribution is -2.53. The Kier molecular flexibility index (Phi) is 9.63. The first kappa shape index (κ1) is 26.5. The van der Waals surface area contributed by atoms with Gasteiger partial charge in [0.2, 0.25) is 5.91 Å². The molecule has 3 rings (SSSR count). The first-order chi connectivity index (χ1) is 17.3. The molecule has 0 aromatic heterocycles. The number of amides is 2. The molecule has 0 unspecified atom stereocenters. The highest BCUT2D eigenvalue weighted by Crippen LogP contribution is 2.28. The van der Waals surface area contributed by atoms with Crippen LogP contribution in [0.4, 0.5) is 4.79 Å². The van der Waals surface area contributed by atoms with Crippen molar-refractivity contribution in [1.29, 1.82) is 0 Å². The van der Waals surface area contributed by atoms with Gasteiger partial charge in [-0.1, -0.05) is 105 Å². The molecule has 0 radical (unpaired) electrons. The molecule has 0 fully saturated rings. The van der Waals surface area contributed by atoms with Gasteiger partial charge in [0.15, 0.2) is 0 Å². The molecule has 0 aliphatic heterocycles. The number of carboxylic acid groups (broad SMARTS) is 1. The highest BCUT2D eigenvalue weighted by Gasteiger charge is 2.34. The minimum Gasteiger partial charge on any atom is -0.480 e. The molecule has 3 aromatic carbocycles. The fourth-order valence-electron chi connectivity index (χ4n) is 4.05. The highest BCUT2D eigenvalue weighted by atomic mass is 16.5. The zero-order valence-electron chi connectivity index (χ0n) is 20.5. The minimum atomic E-state index is -1.25. The van der Waals surface area contributed by atoms with Crippen LogP contribution >= 0.6 is 0 Å². The Hall–Kier alpha value is -4.13. The lowest BCUT2D eigenvalue weighted by Gasteiger charge is -2.28. The van der Waals surface area contributed by atoms with Crippen molar-refractivity contribution in [2.45, 2.75) is 44.9 Å². The highest BCUT2D eigenvalue weighted by molar-refractivity contribution is 5.90. The van der Waals surface area contributed by atoms with E-state index in [1.165, 1.54) is 0 Å². The number of carboxylic acids is 1. The molecular formula is C29H32N2O5. The molecule has 2 atom stereocenters. The van der Waals surface area contributed by atoms with Crippen molar-refractivity contribution in [2.75, 3.05) is 0 Å². The van der Waals surface area contributed by atoms with Crippen LogP contribution in [0.15, 0.2) is 91.0 Å². The Labute approximate surface area is 211 Å². The Morgan fingerprint density at radius 1 is 0.778 bits per heavy atom. The number of aliphatic carboxylic acids is 1. The van der Waals surface area contributed by atoms with Gasteiger partial charge in [-0.05, 0) is 29.0 Å². The van der Waals surface area contributed by atoms with E-state index < -0.39 is 36.0 Å². The Bertz CT molecular complexity index is 1080. The van der Waals surface area contributed by atoms with Crippen LogP contribution in [0.1, 0.15) is 42.9 Å². The lowest BCUT2D eigenvalue weighted by molar-refractivity contribution is -0.142. The van der Waals surface area contributed by atoms with Gasteiger partial charge in [-0.15, -0.1) is 0 Å². The van der Waals surface area contributed by atoms with Crippen LogP contribution in [-0.4, -0.2) is 35.2 Å². The van der Waals surface area contributed by atoms with Crippen molar-refractivity contribution in [3.63, 3.8) is 0 Å². The fraction of sp³-hybridized carbons (Fsp3) is 0.276. The number of hydrogen-bond acceptors (Lipinski definition) is 4. The van der Waals surface area contributed by atoms with Crippen LogP contribution in [0.2, 0.25) is 0 Å². The summed E-state index contributed by atoms with van der Waals surface area (Å²) < 4.78 is 5.28. The van der Waals surface area contributed by atoms with Crippen LogP contribution in [0, 0.1) is 5.92 Å². The number of hydrogen-bond donors (Lipinski definition) is 3. The van der Waals surface area contributed by atoms with E-state index in [1.807, 2.05) is 105 Å². The first-order valence-corrected chi connectivity index (χ1v) is 12.0. The monoisotopic (exact) mass is 488 g/mol. The number of nitrogens with one attached hydrogen (secondary N) is 2. The van der Waals surface area contributed by atoms with E-state index in [0.29, 0.717) is 6.42 Å². The van der Waals surface area contributed by atoms with Crippen LogP contribution < -0.4 is 10.6 Å². The van der Waals surface area contributed by atoms with Gasteiger partial charge in [0, 0.05) is 5.92 Å². The molecule has 3 N–H and O–H groups in total. The molecule has 7 heteroatoms. The summed E-state index contributed by atoms with van der Waals surface area (Å²) in [5.74, 6) is -2.31. The van der Waals surface area contributed by atoms with Gasteiger partial charge < -0.3 is 20.5 Å². The molecule has 0 aliphatic rings. The fourth-order valence-corrected chi connectivity index (χ4v) is 4.05. The SMILES string of the molecule is CC(C)C[C@H](NC(=O)OCc1ccccc1)C(=O)N[C@@H](C(=O)O)C(c1ccccc1)c1ccccc1. The quantitative estimate of drug-likeness (QED) is 0.362. The summed E-state index contributed by atoms with van der Waals surface area (Å²) in [6, 6.07) is 25.4. The number of benzene rings is 3. The van der Waals surface area contributed by atoms with E-state index in [-0.39, 0.29) is 12.5 Å². The lowest BCUT2D eigenvalue weighted by atomic mass is 9.84. The summed E-state index contributed by atoms with van der Waals surface area (Å²) in [5, 5.41) is 15.4. The maximum atomic E-state index is 13.3. The zero-order chi connectivity index (χ0) is 25.9. The van der Waals surface area contributed by atoms with Crippen LogP contribution in [0.5, 0.6) is 0 Å². The van der Waals surface area contributed by atoms with Crippen molar-refractivity contribution in [3.05, 3.63) is 108 Å². The van der Waals surface area contributed by atoms with E-state index in [4.69, 9.17) is 4.74 Å². The Morgan fingerprint density at radius 3 is 1.75 bits per heavy atom. The molecule has 0 spiro atoms. The van der Waals surface area contributed by atoms with Gasteiger partial charge in [-0.3, -0.25) is 4.79 Å². The standard InChI is InChI=1S/C29H32N2O5/c1-20(2)18-24(30-29(35)36-19-21-12-6-3-7-13-21)27(32)31-26(28(33)34)25(22-14-8-4-9-15-22)23-16-10-5-11-17-23/h3-17,20,24-26H,18-19H2,1-2H3,(H,30,35)(H,31,32)(H,33,34)/t24-,26+/m0/s1. The van der Waals surface area contributed by atoms with Crippen molar-refractivity contribution >= 4 is 18.0 Å². The second-order valence-corrected chi connectivity index (χ2v) is 9.01. The van der Waals surface area contributed by atoms with E-state index in [0.717, 1.165) is 16.7 Å². The molecule has 3 aromatic rings. The third-order valence-electron chi connectivity index (χ3n) is 5.74. The van der Waals surface area contributed by atoms with Gasteiger partial charge in [-0.25, -0.2) is 9.59 Å². The average molecular weight is 489 g/mol. The van der Waals surface area contributed by atoms with Gasteiger partial charge in [0.25, 0.3) is 0 Å². The number of carbonyl (C=O) groups is 3. The predicted octanol–water partition coefficient (Wildman–Crippen LogP) is 4.73. The Morgan fingerprint density at radius 2 is 1.28 bits per heavy atom. The summed E-state index contributed by atoms with van der Waals surface area (Å²) >= 11 is 0. The average Bonchev–Trinajstić information content (AvgIpc) is 2.88. The van der Waals surface area contributed by atoms with E-state index >= 15 is 0 Å². The van der Waals surface area contributed by atoms with E-state index in [9.17, 15) is 19.5 Å². The number of rotatable bonds is 11. The molecule has 2 amide bonds. The molecule has 0 heterocycles. The van der Waals surface area contributed by atoms with Crippen molar-refractivity contribution in [1.82, 2.24) is 10.6 Å². The molecule has 7 nitrogen and oxygen atoms in total. The summed E-state index contributed by atoms with van der Waals surface area (Å²) in [4.78, 5) is 38.2. The molecule has 0 aliphatic carbocycles. The maximum Gasteiger partial charge on any atom is 0.408 e. The third-order valence-corrected chi connectivity index (χ3v) is 5.74. The molecule has 188 valence electrons. The predicted molar refractivity (Wildman–Crippen MR) is 137 cm³/mol. The largest absolute Gasteiger partial charge is 0.480 e. The second-order valence-electron chi connectivity index (χ2n) is 9.01. The minimum absolute atomic E-state index is 0.0600. The van der Waals surface area contributed by atoms with Crippen LogP contribution in [0.25, 0.3) is 0 Å². The smallest absolute Gasteiger partial charge is 0.408 e. The second kappa shape index (κ2) is 13.1. The van der Waals surface area contributed by atoms with Gasteiger partial charge in [0.05, 0.1) is 0 Å². The molecule has 0 saturated carbocycles. The maximum absolute atomic E-state index is 13.3. The first-order valence-electron chi connectivity index (χ1n) is 12.0. The summed E-state index contributed by atoms with van der Waals surface area (Å²) in [6.45, 7) is 3.90. The molecular weight excluding hydrogens is 456 g/mol. The summed E-state index contributed by atoms with van der Waals surface area (Å²) in [5.41, 5.74) is 2.33. The topological polar surface area (TPSA) is 105 Å². The van der Waals surface area contributed by atoms with Crippen molar-refractivity contribution < 1.29 is 24.2 Å². The molecule has 0 bridgehead atoms. The van der Waals surface area contributed by atoms with E-state index in [1.54, 1.807) is 0 Å². The van der Waals surface area contributed by atoms with Crippen molar-refractivity contribution in [3.8, 4) is 0 Å². The summed E-state index contributed by atoms with van der Waals surface area (Å²) in [6.07, 6.45) is -0.422. The number of carbonyl (C=O) groups excluding carboxylic acids is 2. The van der Waals surface area contributed by atoms with Crippen LogP contribution in [-0.2, 0) is 20.9 Å². The molecule has 36 heavy (non-hydrogen) atoms. The van der Waals surface area contributed by atoms with E-state index in [2.05, 4.69) is 10.6 Å². The van der Waals surface area contributed by atoms with Crippen LogP contribution in [0.3, 0.4) is 0 Å². The van der Waals surface area contributed by atoms with Gasteiger partial charge in [0.1, 0.15) is 18.7 Å². The van der Waals surface area contributed by atoms with Crippen molar-refractivity contribution in [2.24, 2.45) is 5.92 Å². The summed E-state index contributed by atoms with van der Waals surface area (Å²) in [7, 11) is 0. The third kappa shape index (κ3) is 7.70. The number of ether oxygens (including phenoxy) is 1.